The van der Waals surface area contributed by atoms with Crippen molar-refractivity contribution >= 4 is 135 Å². The summed E-state index contributed by atoms with van der Waals surface area (Å²) >= 11 is 9.74. The van der Waals surface area contributed by atoms with Gasteiger partial charge in [-0.25, -0.2) is 9.59 Å². The van der Waals surface area contributed by atoms with E-state index in [1.165, 1.54) is 36.8 Å². The number of carbonyl (C=O) groups is 11. The van der Waals surface area contributed by atoms with Crippen LogP contribution in [-0.2, 0) is 80.0 Å². The molecule has 0 bridgehead atoms. The number of aromatic amines is 2. The maximum absolute atomic E-state index is 15.2. The number of amides is 11. The second-order valence-electron chi connectivity index (χ2n) is 28.4. The molecular weight excluding hydrogens is 1500 g/mol. The van der Waals surface area contributed by atoms with Crippen LogP contribution in [0.25, 0.3) is 32.6 Å². The Labute approximate surface area is 669 Å². The molecule has 31 heteroatoms. The Hall–Kier alpha value is -10.7. The number of fused-ring (bicyclic) bond motifs is 4. The van der Waals surface area contributed by atoms with Gasteiger partial charge in [-0.3, -0.25) is 53.0 Å². The van der Waals surface area contributed by atoms with Crippen LogP contribution in [-0.4, -0.2) is 210 Å². The number of rotatable bonds is 39. The number of hydrogen-bond donors (Lipinski definition) is 17. The van der Waals surface area contributed by atoms with Crippen molar-refractivity contribution in [3.05, 3.63) is 198 Å². The fourth-order valence-electron chi connectivity index (χ4n) is 14.6. The van der Waals surface area contributed by atoms with Crippen LogP contribution >= 0.6 is 37.0 Å². The minimum absolute atomic E-state index is 0.0108. The highest BCUT2D eigenvalue weighted by molar-refractivity contribution is 7.99. The lowest BCUT2D eigenvalue weighted by Crippen LogP contribution is -2.62. The number of carboxylic acids is 1. The summed E-state index contributed by atoms with van der Waals surface area (Å²) in [4.78, 5) is 167. The minimum atomic E-state index is -1.77. The Balaban J connectivity index is 0.827. The number of unbranched alkanes of at least 4 members (excludes halogenated alkanes) is 1. The maximum atomic E-state index is 15.2. The van der Waals surface area contributed by atoms with Crippen molar-refractivity contribution in [2.24, 2.45) is 11.7 Å². The number of aliphatic hydroxyl groups is 1. The Morgan fingerprint density at radius 2 is 1.19 bits per heavy atom. The number of likely N-dealkylation sites (tertiary alicyclic amines) is 1. The number of nitrogens with two attached hydrogens (primary N) is 1. The van der Waals surface area contributed by atoms with Crippen LogP contribution in [0.4, 0.5) is 4.79 Å². The fourth-order valence-corrected chi connectivity index (χ4v) is 15.9. The lowest BCUT2D eigenvalue weighted by molar-refractivity contribution is -0.142. The zero-order chi connectivity index (χ0) is 80.8. The largest absolute Gasteiger partial charge is 0.508 e. The van der Waals surface area contributed by atoms with Gasteiger partial charge in [0.1, 0.15) is 54.1 Å². The van der Waals surface area contributed by atoms with Gasteiger partial charge < -0.3 is 78.9 Å². The molecule has 11 amide bonds. The minimum Gasteiger partial charge on any atom is -0.508 e. The smallest absolute Gasteiger partial charge is 0.326 e. The number of benzene rings is 6. The number of piperidine rings is 1. The molecule has 28 nitrogen and oxygen atoms in total. The van der Waals surface area contributed by atoms with E-state index in [-0.39, 0.29) is 92.5 Å². The number of nitrogens with one attached hydrogen (secondary N) is 11. The van der Waals surface area contributed by atoms with Gasteiger partial charge in [-0.2, -0.15) is 25.3 Å². The first-order chi connectivity index (χ1) is 54.5. The first-order valence-corrected chi connectivity index (χ1v) is 40.1. The molecule has 0 radical (unpaired) electrons. The van der Waals surface area contributed by atoms with Gasteiger partial charge in [0.05, 0.1) is 23.7 Å². The highest BCUT2D eigenvalue weighted by Gasteiger charge is 2.45. The van der Waals surface area contributed by atoms with Crippen molar-refractivity contribution < 1.29 is 68.1 Å². The normalized spacial score (nSPS) is 16.9. The average Bonchev–Trinajstić information content (AvgIpc) is 1.68. The molecule has 0 spiro atoms. The third-order valence-electron chi connectivity index (χ3n) is 20.4. The van der Waals surface area contributed by atoms with Gasteiger partial charge in [0.15, 0.2) is 0 Å². The fraction of sp³-hybridized carbons (Fsp3) is 0.378. The van der Waals surface area contributed by atoms with Crippen molar-refractivity contribution in [2.75, 3.05) is 49.3 Å². The molecule has 2 aliphatic rings. The summed E-state index contributed by atoms with van der Waals surface area (Å²) in [6, 6.07) is 28.2. The maximum Gasteiger partial charge on any atom is 0.326 e. The molecule has 1 aliphatic heterocycles. The van der Waals surface area contributed by atoms with Crippen LogP contribution in [0.1, 0.15) is 78.8 Å². The van der Waals surface area contributed by atoms with Crippen LogP contribution < -0.4 is 53.6 Å². The Morgan fingerprint density at radius 1 is 0.628 bits per heavy atom. The molecule has 2 unspecified atom stereocenters. The van der Waals surface area contributed by atoms with E-state index in [0.29, 0.717) is 59.1 Å². The summed E-state index contributed by atoms with van der Waals surface area (Å²) in [7, 11) is 0. The number of carbonyl (C=O) groups excluding carboxylic acids is 10. The summed E-state index contributed by atoms with van der Waals surface area (Å²) in [5.74, 6) is -10.7. The molecule has 6 aromatic carbocycles. The van der Waals surface area contributed by atoms with Crippen LogP contribution in [0.15, 0.2) is 165 Å². The summed E-state index contributed by atoms with van der Waals surface area (Å²) in [6.45, 7) is 8.28. The van der Waals surface area contributed by atoms with Crippen LogP contribution in [0, 0.1) is 5.92 Å². The van der Waals surface area contributed by atoms with E-state index in [1.807, 2.05) is 54.7 Å². The molecule has 2 aromatic heterocycles. The first kappa shape index (κ1) is 84.7. The zero-order valence-electron chi connectivity index (χ0n) is 62.8. The lowest BCUT2D eigenvalue weighted by atomic mass is 9.72. The van der Waals surface area contributed by atoms with Gasteiger partial charge in [0, 0.05) is 103 Å². The zero-order valence-corrected chi connectivity index (χ0v) is 65.4. The number of imide groups is 1. The topological polar surface area (TPSA) is 421 Å². The number of thioether (sulfide) groups is 1. The third kappa shape index (κ3) is 22.4. The van der Waals surface area contributed by atoms with E-state index in [2.05, 4.69) is 101 Å². The molecule has 12 atom stereocenters. The summed E-state index contributed by atoms with van der Waals surface area (Å²) < 4.78 is 0. The number of aromatic nitrogens is 2. The third-order valence-corrected chi connectivity index (χ3v) is 22.0. The number of H-pyrrole nitrogens is 2. The highest BCUT2D eigenvalue weighted by atomic mass is 32.2. The molecule has 16 N–H and O–H groups in total. The monoisotopic (exact) mass is 1600 g/mol. The number of aliphatic hydroxyl groups excluding tert-OH is 1. The van der Waals surface area contributed by atoms with Crippen molar-refractivity contribution in [2.45, 2.75) is 138 Å². The van der Waals surface area contributed by atoms with Crippen LogP contribution in [0.3, 0.4) is 0 Å². The van der Waals surface area contributed by atoms with Gasteiger partial charge in [-0.05, 0) is 121 Å². The number of phenolic OH excluding ortho intramolecular Hbond substituents is 1. The van der Waals surface area contributed by atoms with E-state index in [1.54, 1.807) is 79.9 Å². The van der Waals surface area contributed by atoms with E-state index >= 15 is 9.59 Å². The predicted octanol–water partition coefficient (Wildman–Crippen LogP) is 4.58. The van der Waals surface area contributed by atoms with Gasteiger partial charge in [-0.1, -0.05) is 121 Å². The molecule has 3 heterocycles. The first-order valence-electron chi connectivity index (χ1n) is 37.7. The second-order valence-corrected chi connectivity index (χ2v) is 30.1. The molecule has 113 heavy (non-hydrogen) atoms. The van der Waals surface area contributed by atoms with E-state index in [9.17, 15) is 58.5 Å². The molecule has 8 aromatic rings. The molecule has 10 rings (SSSR count). The number of carboxylic acid groups (broad SMARTS) is 1. The number of hydrogen-bond acceptors (Lipinski definition) is 18. The van der Waals surface area contributed by atoms with Gasteiger partial charge in [-0.15, -0.1) is 18.3 Å². The van der Waals surface area contributed by atoms with Crippen LogP contribution in [0.5, 0.6) is 5.75 Å². The van der Waals surface area contributed by atoms with E-state index in [0.717, 1.165) is 50.3 Å². The number of aromatic hydroxyl groups is 1. The number of thiol groups is 2. The number of urea groups is 1. The number of phenols is 1. The van der Waals surface area contributed by atoms with Crippen molar-refractivity contribution in [3.63, 3.8) is 0 Å². The predicted molar refractivity (Wildman–Crippen MR) is 439 cm³/mol. The van der Waals surface area contributed by atoms with E-state index < -0.39 is 126 Å². The molecule has 1 saturated heterocycles. The summed E-state index contributed by atoms with van der Waals surface area (Å²) in [5, 5.41) is 59.1. The highest BCUT2D eigenvalue weighted by Crippen LogP contribution is 2.45. The summed E-state index contributed by atoms with van der Waals surface area (Å²) in [6.07, 6.45) is 5.06. The Kier molecular flexibility index (Phi) is 30.5. The second kappa shape index (κ2) is 40.7. The van der Waals surface area contributed by atoms with Gasteiger partial charge in [0.25, 0.3) is 0 Å². The molecular formula is C82H98N14O14S3. The van der Waals surface area contributed by atoms with Gasteiger partial charge >= 0.3 is 12.0 Å². The van der Waals surface area contributed by atoms with Crippen molar-refractivity contribution in [1.29, 1.82) is 0 Å². The van der Waals surface area contributed by atoms with Gasteiger partial charge in [0.2, 0.25) is 53.2 Å². The molecule has 598 valence electrons. The Morgan fingerprint density at radius 3 is 1.86 bits per heavy atom. The van der Waals surface area contributed by atoms with Crippen molar-refractivity contribution in [1.82, 2.24) is 67.6 Å². The molecule has 0 saturated carbocycles. The number of aliphatic carboxylic acids is 1. The summed E-state index contributed by atoms with van der Waals surface area (Å²) in [5.41, 5.74) is 12.2. The average molecular weight is 1600 g/mol. The number of para-hydroxylation sites is 1. The van der Waals surface area contributed by atoms with E-state index in [4.69, 9.17) is 5.73 Å². The number of nitrogens with zero attached hydrogens (tertiary/aromatic N) is 2. The van der Waals surface area contributed by atoms with Crippen molar-refractivity contribution in [3.8, 4) is 5.75 Å². The SMILES string of the molecule is C=CCN1C[C@H](C(=O)N(CSCC(=O)N[C@H](Cc2ccccc2)C(=O)N[C@@H](CS)C(=O)N[C@@H](Cc2ccc(O)cc2)C(=O)N[C@H](Cc2c[nH]c3ccccc23)C(=O)N[C@@H](CCCCN)C(=O)N[C@H](C(=O)N[C@@H](CS)C(=O)N[C@@H](Cc2ccc3ccccc3c2)C(=O)O)[C@@H](C)O)C(=O)NCC)CC2c3cccc4[nH]cc(c34)CC21. The molecule has 1 aliphatic carbocycles. The quantitative estimate of drug-likeness (QED) is 0.0108. The standard InChI is InChI=1S/C82H98N14O14S3/c1-4-32-95-42-55(37-59-58-21-15-24-61-71(58)54(41-86-61)39-69(59)95)80(107)96(82(110)84-5-2)46-113-45-70(99)87-63(34-48-16-7-6-8-17-48)74(101)92-67(43-111)77(104)89-64(35-49-26-29-56(98)30-27-49)75(102)90-65(38-53-40-85-60-22-12-11-20-57(53)60)76(103)88-62(23-13-14-31-83)73(100)94-72(47(3)97)79(106)93-68(44-112)78(105)91-66(81(108)109)36-50-25-28-51-18-9-10-19-52(51)33-50/h4,6-12,15-22,24-30,33,40-41,47,55,59,62-69,72,85-86,97-98,111-112H,1,5,13-14,23,31-32,34-39,42-46,83H2,2-3H3,(H,84,110)(H,87,99)(H,88,103)(H,89,104)(H,90,102)(H,91,105)(H,92,101)(H,93,106)(H,94,100)(H,108,109)/t47-,55-,59?,62+,63-,64+,65-,66+,67+,68+,69?,72+/m1/s1. The Bertz CT molecular complexity index is 4720. The lowest BCUT2D eigenvalue weighted by Gasteiger charge is -2.47. The van der Waals surface area contributed by atoms with Crippen LogP contribution in [0.2, 0.25) is 0 Å². The molecule has 1 fully saturated rings.